The van der Waals surface area contributed by atoms with Gasteiger partial charge in [0.2, 0.25) is 5.82 Å². The molecule has 0 atom stereocenters. The van der Waals surface area contributed by atoms with Gasteiger partial charge in [-0.05, 0) is 55.3 Å². The van der Waals surface area contributed by atoms with E-state index in [1.807, 2.05) is 19.9 Å². The van der Waals surface area contributed by atoms with Gasteiger partial charge in [0.1, 0.15) is 17.8 Å². The number of nitrogens with zero attached hydrogens (tertiary/aromatic N) is 3. The lowest BCUT2D eigenvalue weighted by molar-refractivity contribution is -0.385. The lowest BCUT2D eigenvalue weighted by atomic mass is 10.1. The van der Waals surface area contributed by atoms with Gasteiger partial charge in [0, 0.05) is 5.02 Å². The van der Waals surface area contributed by atoms with Gasteiger partial charge in [-0.3, -0.25) is 10.1 Å². The Balaban J connectivity index is 2.03. The van der Waals surface area contributed by atoms with Gasteiger partial charge in [0.15, 0.2) is 0 Å². The second kappa shape index (κ2) is 8.10. The van der Waals surface area contributed by atoms with Gasteiger partial charge in [-0.1, -0.05) is 17.7 Å². The summed E-state index contributed by atoms with van der Waals surface area (Å²) in [5, 5.41) is 15.0. The van der Waals surface area contributed by atoms with Crippen LogP contribution >= 0.6 is 11.6 Å². The molecule has 1 heterocycles. The number of halogens is 1. The number of aromatic nitrogens is 2. The Morgan fingerprint density at radius 3 is 2.46 bits per heavy atom. The number of anilines is 2. The third-order valence-corrected chi connectivity index (χ3v) is 4.03. The van der Waals surface area contributed by atoms with Crippen molar-refractivity contribution in [3.05, 3.63) is 69.0 Å². The van der Waals surface area contributed by atoms with E-state index in [2.05, 4.69) is 15.3 Å². The average molecular weight is 401 g/mol. The summed E-state index contributed by atoms with van der Waals surface area (Å²) >= 11 is 6.02. The molecule has 8 nitrogen and oxygen atoms in total. The van der Waals surface area contributed by atoms with Gasteiger partial charge in [0.25, 0.3) is 0 Å². The number of methoxy groups -OCH3 is 1. The summed E-state index contributed by atoms with van der Waals surface area (Å²) in [4.78, 5) is 19.1. The summed E-state index contributed by atoms with van der Waals surface area (Å²) in [6.07, 6.45) is 1.18. The van der Waals surface area contributed by atoms with Gasteiger partial charge in [-0.2, -0.15) is 4.98 Å². The van der Waals surface area contributed by atoms with Crippen LogP contribution in [-0.4, -0.2) is 22.0 Å². The van der Waals surface area contributed by atoms with Crippen molar-refractivity contribution >= 4 is 28.8 Å². The minimum Gasteiger partial charge on any atom is -0.495 e. The van der Waals surface area contributed by atoms with Crippen LogP contribution in [0.25, 0.3) is 0 Å². The Labute approximate surface area is 166 Å². The first-order chi connectivity index (χ1) is 13.4. The Hall–Kier alpha value is -3.39. The average Bonchev–Trinajstić information content (AvgIpc) is 2.61. The van der Waals surface area contributed by atoms with E-state index in [-0.39, 0.29) is 11.7 Å². The first-order valence-corrected chi connectivity index (χ1v) is 8.61. The highest BCUT2D eigenvalue weighted by molar-refractivity contribution is 6.31. The van der Waals surface area contributed by atoms with Crippen molar-refractivity contribution in [3.63, 3.8) is 0 Å². The number of hydrogen-bond donors (Lipinski definition) is 1. The molecule has 2 aromatic carbocycles. The zero-order valence-electron chi connectivity index (χ0n) is 15.4. The Bertz CT molecular complexity index is 1020. The maximum Gasteiger partial charge on any atom is 0.373 e. The van der Waals surface area contributed by atoms with Gasteiger partial charge in [0.05, 0.1) is 17.7 Å². The molecule has 3 aromatic rings. The summed E-state index contributed by atoms with van der Waals surface area (Å²) < 4.78 is 11.0. The normalized spacial score (nSPS) is 10.4. The number of aryl methyl sites for hydroxylation is 2. The van der Waals surface area contributed by atoms with Crippen molar-refractivity contribution in [1.82, 2.24) is 9.97 Å². The van der Waals surface area contributed by atoms with Crippen LogP contribution in [0.5, 0.6) is 17.4 Å². The highest BCUT2D eigenvalue weighted by Crippen LogP contribution is 2.38. The van der Waals surface area contributed by atoms with E-state index in [1.165, 1.54) is 13.4 Å². The largest absolute Gasteiger partial charge is 0.495 e. The maximum absolute atomic E-state index is 11.7. The molecular weight excluding hydrogens is 384 g/mol. The molecule has 0 bridgehead atoms. The SMILES string of the molecule is COc1ccc(Cl)cc1Nc1ncnc(Oc2cc(C)cc(C)c2)c1[N+](=O)[O-]. The highest BCUT2D eigenvalue weighted by atomic mass is 35.5. The summed E-state index contributed by atoms with van der Waals surface area (Å²) in [6, 6.07) is 10.4. The van der Waals surface area contributed by atoms with E-state index < -0.39 is 10.6 Å². The summed E-state index contributed by atoms with van der Waals surface area (Å²) in [7, 11) is 1.48. The Morgan fingerprint density at radius 2 is 1.82 bits per heavy atom. The van der Waals surface area contributed by atoms with Crippen LogP contribution in [-0.2, 0) is 0 Å². The molecule has 0 aliphatic rings. The first-order valence-electron chi connectivity index (χ1n) is 8.23. The summed E-state index contributed by atoms with van der Waals surface area (Å²) in [6.45, 7) is 3.82. The molecule has 28 heavy (non-hydrogen) atoms. The molecule has 0 radical (unpaired) electrons. The highest BCUT2D eigenvalue weighted by Gasteiger charge is 2.26. The fourth-order valence-electron chi connectivity index (χ4n) is 2.70. The summed E-state index contributed by atoms with van der Waals surface area (Å²) in [5.74, 6) is 0.688. The van der Waals surface area contributed by atoms with E-state index in [0.29, 0.717) is 22.2 Å². The standard InChI is InChI=1S/C19H17ClN4O4/c1-11-6-12(2)8-14(7-11)28-19-17(24(25)26)18(21-10-22-19)23-15-9-13(20)4-5-16(15)27-3/h4-10H,1-3H3,(H,21,22,23). The first kappa shape index (κ1) is 19.4. The molecule has 0 aliphatic heterocycles. The maximum atomic E-state index is 11.7. The van der Waals surface area contributed by atoms with E-state index in [0.717, 1.165) is 11.1 Å². The van der Waals surface area contributed by atoms with Crippen LogP contribution in [0.3, 0.4) is 0 Å². The van der Waals surface area contributed by atoms with E-state index in [4.69, 9.17) is 21.1 Å². The van der Waals surface area contributed by atoms with Crippen LogP contribution in [0.2, 0.25) is 5.02 Å². The van der Waals surface area contributed by atoms with Crippen molar-refractivity contribution in [2.75, 3.05) is 12.4 Å². The van der Waals surface area contributed by atoms with Crippen molar-refractivity contribution in [2.45, 2.75) is 13.8 Å². The van der Waals surface area contributed by atoms with Crippen LogP contribution < -0.4 is 14.8 Å². The second-order valence-corrected chi connectivity index (χ2v) is 6.46. The molecule has 0 unspecified atom stereocenters. The van der Waals surface area contributed by atoms with Gasteiger partial charge in [-0.25, -0.2) is 4.98 Å². The van der Waals surface area contributed by atoms with Gasteiger partial charge in [-0.15, -0.1) is 0 Å². The predicted octanol–water partition coefficient (Wildman–Crippen LogP) is 5.20. The quantitative estimate of drug-likeness (QED) is 0.448. The molecule has 3 rings (SSSR count). The smallest absolute Gasteiger partial charge is 0.373 e. The Morgan fingerprint density at radius 1 is 1.11 bits per heavy atom. The molecule has 144 valence electrons. The number of rotatable bonds is 6. The molecule has 0 spiro atoms. The fraction of sp³-hybridized carbons (Fsp3) is 0.158. The van der Waals surface area contributed by atoms with Crippen molar-refractivity contribution in [3.8, 4) is 17.4 Å². The lowest BCUT2D eigenvalue weighted by Gasteiger charge is -2.12. The zero-order valence-corrected chi connectivity index (χ0v) is 16.1. The van der Waals surface area contributed by atoms with Crippen molar-refractivity contribution < 1.29 is 14.4 Å². The topological polar surface area (TPSA) is 99.4 Å². The van der Waals surface area contributed by atoms with E-state index in [9.17, 15) is 10.1 Å². The van der Waals surface area contributed by atoms with Crippen LogP contribution in [0.15, 0.2) is 42.7 Å². The molecule has 0 aliphatic carbocycles. The molecule has 0 saturated heterocycles. The van der Waals surface area contributed by atoms with E-state index in [1.54, 1.807) is 30.3 Å². The molecular formula is C19H17ClN4O4. The zero-order chi connectivity index (χ0) is 20.3. The Kier molecular flexibility index (Phi) is 5.60. The lowest BCUT2D eigenvalue weighted by Crippen LogP contribution is -2.04. The van der Waals surface area contributed by atoms with Crippen molar-refractivity contribution in [2.24, 2.45) is 0 Å². The second-order valence-electron chi connectivity index (χ2n) is 6.03. The predicted molar refractivity (Wildman–Crippen MR) is 106 cm³/mol. The summed E-state index contributed by atoms with van der Waals surface area (Å²) in [5.41, 5.74) is 1.96. The third-order valence-electron chi connectivity index (χ3n) is 3.80. The molecule has 9 heteroatoms. The molecule has 0 saturated carbocycles. The number of nitrogens with one attached hydrogen (secondary N) is 1. The molecule has 0 fully saturated rings. The van der Waals surface area contributed by atoms with Crippen molar-refractivity contribution in [1.29, 1.82) is 0 Å². The molecule has 1 aromatic heterocycles. The number of hydrogen-bond acceptors (Lipinski definition) is 7. The number of nitro groups is 1. The number of benzene rings is 2. The van der Waals surface area contributed by atoms with Crippen LogP contribution in [0.4, 0.5) is 17.2 Å². The fourth-order valence-corrected chi connectivity index (χ4v) is 2.87. The van der Waals surface area contributed by atoms with Gasteiger partial charge >= 0.3 is 11.6 Å². The van der Waals surface area contributed by atoms with Crippen LogP contribution in [0, 0.1) is 24.0 Å². The third kappa shape index (κ3) is 4.29. The minimum absolute atomic E-state index is 0.0417. The monoisotopic (exact) mass is 400 g/mol. The van der Waals surface area contributed by atoms with Crippen LogP contribution in [0.1, 0.15) is 11.1 Å². The molecule has 1 N–H and O–H groups in total. The van der Waals surface area contributed by atoms with Gasteiger partial charge < -0.3 is 14.8 Å². The number of ether oxygens (including phenoxy) is 2. The van der Waals surface area contributed by atoms with E-state index >= 15 is 0 Å². The molecule has 0 amide bonds. The minimum atomic E-state index is -0.600.